The van der Waals surface area contributed by atoms with Crippen LogP contribution in [0.3, 0.4) is 0 Å². The van der Waals surface area contributed by atoms with Crippen molar-refractivity contribution < 1.29 is 9.90 Å². The molecule has 0 aliphatic carbocycles. The highest BCUT2D eigenvalue weighted by atomic mass is 32.1. The second-order valence-corrected chi connectivity index (χ2v) is 5.54. The summed E-state index contributed by atoms with van der Waals surface area (Å²) in [4.78, 5) is 13.8. The van der Waals surface area contributed by atoms with E-state index in [0.29, 0.717) is 11.7 Å². The molecule has 0 bridgehead atoms. The van der Waals surface area contributed by atoms with Crippen molar-refractivity contribution in [3.63, 3.8) is 0 Å². The normalized spacial score (nSPS) is 24.0. The number of nitrogens with one attached hydrogen (secondary N) is 1. The summed E-state index contributed by atoms with van der Waals surface area (Å²) in [5.41, 5.74) is 1.44. The topological polar surface area (TPSA) is 78.4 Å². The molecular formula is C11H18N4O2S. The molecule has 0 aromatic carbocycles. The van der Waals surface area contributed by atoms with Gasteiger partial charge in [0.2, 0.25) is 5.13 Å². The van der Waals surface area contributed by atoms with Gasteiger partial charge in [0.15, 0.2) is 0 Å². The van der Waals surface area contributed by atoms with Gasteiger partial charge in [0.25, 0.3) is 0 Å². The van der Waals surface area contributed by atoms with Crippen LogP contribution in [0.5, 0.6) is 0 Å². The number of piperidine rings is 1. The Morgan fingerprint density at radius 2 is 2.56 bits per heavy atom. The van der Waals surface area contributed by atoms with E-state index in [2.05, 4.69) is 22.4 Å². The third kappa shape index (κ3) is 2.78. The van der Waals surface area contributed by atoms with Gasteiger partial charge in [0.05, 0.1) is 6.61 Å². The van der Waals surface area contributed by atoms with E-state index in [0.717, 1.165) is 25.8 Å². The summed E-state index contributed by atoms with van der Waals surface area (Å²) in [7, 11) is 0. The van der Waals surface area contributed by atoms with Crippen molar-refractivity contribution in [2.45, 2.75) is 26.2 Å². The van der Waals surface area contributed by atoms with Gasteiger partial charge in [0, 0.05) is 18.5 Å². The summed E-state index contributed by atoms with van der Waals surface area (Å²) in [6.07, 6.45) is 2.78. The van der Waals surface area contributed by atoms with Crippen LogP contribution in [0.25, 0.3) is 0 Å². The molecule has 1 saturated heterocycles. The number of aliphatic hydroxyl groups excluding tert-OH is 1. The molecule has 1 aromatic rings. The molecule has 18 heavy (non-hydrogen) atoms. The zero-order valence-electron chi connectivity index (χ0n) is 10.4. The zero-order valence-corrected chi connectivity index (χ0v) is 11.2. The van der Waals surface area contributed by atoms with Crippen LogP contribution in [0.1, 0.15) is 26.2 Å². The van der Waals surface area contributed by atoms with Crippen molar-refractivity contribution in [3.8, 4) is 0 Å². The highest BCUT2D eigenvalue weighted by molar-refractivity contribution is 7.13. The number of anilines is 1. The Labute approximate surface area is 110 Å². The van der Waals surface area contributed by atoms with E-state index in [1.165, 1.54) is 11.3 Å². The maximum Gasteiger partial charge on any atom is 0.323 e. The maximum absolute atomic E-state index is 12.1. The van der Waals surface area contributed by atoms with E-state index in [-0.39, 0.29) is 18.1 Å². The predicted octanol–water partition coefficient (Wildman–Crippen LogP) is 1.55. The van der Waals surface area contributed by atoms with Gasteiger partial charge in [-0.25, -0.2) is 4.79 Å². The molecule has 0 saturated carbocycles. The fourth-order valence-corrected chi connectivity index (χ4v) is 2.74. The van der Waals surface area contributed by atoms with Crippen molar-refractivity contribution in [1.29, 1.82) is 0 Å². The smallest absolute Gasteiger partial charge is 0.323 e. The Morgan fingerprint density at radius 1 is 1.72 bits per heavy atom. The Kier molecular flexibility index (Phi) is 4.13. The number of nitrogens with zero attached hydrogens (tertiary/aromatic N) is 3. The van der Waals surface area contributed by atoms with Gasteiger partial charge in [0.1, 0.15) is 5.51 Å². The molecule has 1 atom stereocenters. The number of urea groups is 1. The van der Waals surface area contributed by atoms with Crippen LogP contribution < -0.4 is 5.32 Å². The van der Waals surface area contributed by atoms with Crippen LogP contribution >= 0.6 is 11.3 Å². The predicted molar refractivity (Wildman–Crippen MR) is 69.5 cm³/mol. The minimum Gasteiger partial charge on any atom is -0.396 e. The van der Waals surface area contributed by atoms with Gasteiger partial charge in [-0.05, 0) is 19.3 Å². The van der Waals surface area contributed by atoms with Crippen molar-refractivity contribution in [1.82, 2.24) is 15.1 Å². The van der Waals surface area contributed by atoms with Crippen molar-refractivity contribution in [2.24, 2.45) is 5.41 Å². The van der Waals surface area contributed by atoms with Crippen LogP contribution in [-0.2, 0) is 0 Å². The van der Waals surface area contributed by atoms with E-state index >= 15 is 0 Å². The number of aromatic nitrogens is 2. The second-order valence-electron chi connectivity index (χ2n) is 4.71. The lowest BCUT2D eigenvalue weighted by Crippen LogP contribution is -2.49. The molecule has 1 aliphatic rings. The van der Waals surface area contributed by atoms with Gasteiger partial charge >= 0.3 is 6.03 Å². The minimum atomic E-state index is -0.155. The molecule has 2 rings (SSSR count). The molecule has 6 nitrogen and oxygen atoms in total. The fraction of sp³-hybridized carbons (Fsp3) is 0.727. The number of hydrogen-bond donors (Lipinski definition) is 2. The molecule has 0 unspecified atom stereocenters. The lowest BCUT2D eigenvalue weighted by Gasteiger charge is -2.41. The monoisotopic (exact) mass is 270 g/mol. The molecule has 0 radical (unpaired) electrons. The van der Waals surface area contributed by atoms with Gasteiger partial charge in [-0.3, -0.25) is 5.32 Å². The first-order chi connectivity index (χ1) is 8.69. The molecule has 2 heterocycles. The summed E-state index contributed by atoms with van der Waals surface area (Å²) < 4.78 is 0. The molecule has 100 valence electrons. The molecule has 2 N–H and O–H groups in total. The molecule has 7 heteroatoms. The largest absolute Gasteiger partial charge is 0.396 e. The van der Waals surface area contributed by atoms with Crippen LogP contribution in [0.2, 0.25) is 0 Å². The third-order valence-electron chi connectivity index (χ3n) is 3.61. The van der Waals surface area contributed by atoms with Crippen LogP contribution in [0.4, 0.5) is 9.93 Å². The quantitative estimate of drug-likeness (QED) is 0.873. The van der Waals surface area contributed by atoms with Crippen molar-refractivity contribution in [3.05, 3.63) is 5.51 Å². The standard InChI is InChI=1S/C11H18N4O2S/c1-2-11(7-16)4-3-5-15(6-11)10(17)13-9-14-12-8-18-9/h8,16H,2-7H2,1H3,(H,13,14,17)/t11-/m1/s1. The average molecular weight is 270 g/mol. The van der Waals surface area contributed by atoms with Crippen molar-refractivity contribution >= 4 is 22.5 Å². The third-order valence-corrected chi connectivity index (χ3v) is 4.21. The number of likely N-dealkylation sites (tertiary alicyclic amines) is 1. The van der Waals surface area contributed by atoms with Crippen molar-refractivity contribution in [2.75, 3.05) is 25.0 Å². The van der Waals surface area contributed by atoms with Gasteiger partial charge in [-0.2, -0.15) is 0 Å². The Hall–Kier alpha value is -1.21. The number of aliphatic hydroxyl groups is 1. The molecular weight excluding hydrogens is 252 g/mol. The summed E-state index contributed by atoms with van der Waals surface area (Å²) in [6, 6.07) is -0.155. The average Bonchev–Trinajstić information content (AvgIpc) is 2.91. The molecule has 1 aliphatic heterocycles. The first-order valence-electron chi connectivity index (χ1n) is 6.12. The fourth-order valence-electron chi connectivity index (χ4n) is 2.31. The number of rotatable bonds is 3. The Balaban J connectivity index is 1.98. The first-order valence-corrected chi connectivity index (χ1v) is 7.00. The first kappa shape index (κ1) is 13.2. The maximum atomic E-state index is 12.1. The van der Waals surface area contributed by atoms with E-state index < -0.39 is 0 Å². The van der Waals surface area contributed by atoms with Crippen LogP contribution in [0, 0.1) is 5.41 Å². The summed E-state index contributed by atoms with van der Waals surface area (Å²) in [5, 5.41) is 20.2. The summed E-state index contributed by atoms with van der Waals surface area (Å²) in [5.74, 6) is 0. The lowest BCUT2D eigenvalue weighted by atomic mass is 9.78. The van der Waals surface area contributed by atoms with Gasteiger partial charge in [-0.15, -0.1) is 10.2 Å². The molecule has 1 aromatic heterocycles. The number of hydrogen-bond acceptors (Lipinski definition) is 5. The number of amides is 2. The van der Waals surface area contributed by atoms with E-state index in [4.69, 9.17) is 0 Å². The van der Waals surface area contributed by atoms with E-state index in [1.807, 2.05) is 0 Å². The Bertz CT molecular complexity index is 392. The zero-order chi connectivity index (χ0) is 13.0. The van der Waals surface area contributed by atoms with E-state index in [1.54, 1.807) is 10.4 Å². The van der Waals surface area contributed by atoms with Gasteiger partial charge in [-0.1, -0.05) is 18.3 Å². The van der Waals surface area contributed by atoms with Gasteiger partial charge < -0.3 is 10.0 Å². The minimum absolute atomic E-state index is 0.131. The summed E-state index contributed by atoms with van der Waals surface area (Å²) in [6.45, 7) is 3.52. The summed E-state index contributed by atoms with van der Waals surface area (Å²) >= 11 is 1.30. The van der Waals surface area contributed by atoms with Crippen LogP contribution in [-0.4, -0.2) is 45.9 Å². The van der Waals surface area contributed by atoms with E-state index in [9.17, 15) is 9.90 Å². The molecule has 2 amide bonds. The van der Waals surface area contributed by atoms with Crippen LogP contribution in [0.15, 0.2) is 5.51 Å². The lowest BCUT2D eigenvalue weighted by molar-refractivity contribution is 0.0468. The SMILES string of the molecule is CC[C@@]1(CO)CCCN(C(=O)Nc2nncs2)C1. The number of carbonyl (C=O) groups excluding carboxylic acids is 1. The molecule has 0 spiro atoms. The highest BCUT2D eigenvalue weighted by Crippen LogP contribution is 2.32. The second kappa shape index (κ2) is 5.62. The molecule has 1 fully saturated rings. The Morgan fingerprint density at radius 3 is 3.17 bits per heavy atom. The number of carbonyl (C=O) groups is 1. The highest BCUT2D eigenvalue weighted by Gasteiger charge is 2.35.